The van der Waals surface area contributed by atoms with Crippen LogP contribution >= 0.6 is 23.2 Å². The fraction of sp³-hybridized carbons (Fsp3) is 0.0769. The minimum Gasteiger partial charge on any atom is -0.282 e. The number of hydrogen-bond donors (Lipinski definition) is 1. The van der Waals surface area contributed by atoms with Gasteiger partial charge in [0.05, 0.1) is 21.5 Å². The summed E-state index contributed by atoms with van der Waals surface area (Å²) < 4.78 is 39.8. The van der Waals surface area contributed by atoms with Crippen LogP contribution in [0.5, 0.6) is 0 Å². The maximum absolute atomic E-state index is 13.5. The fourth-order valence-corrected chi connectivity index (χ4v) is 3.23. The zero-order valence-corrected chi connectivity index (χ0v) is 12.4. The Bertz CT molecular complexity index is 735. The molecule has 0 atom stereocenters. The normalized spacial score (nSPS) is 11.3. The quantitative estimate of drug-likeness (QED) is 0.916. The van der Waals surface area contributed by atoms with Crippen molar-refractivity contribution in [3.63, 3.8) is 0 Å². The van der Waals surface area contributed by atoms with E-state index < -0.39 is 21.6 Å². The van der Waals surface area contributed by atoms with Crippen molar-refractivity contribution in [2.45, 2.75) is 5.75 Å². The van der Waals surface area contributed by atoms with Crippen molar-refractivity contribution < 1.29 is 12.8 Å². The number of halogens is 3. The lowest BCUT2D eigenvalue weighted by Gasteiger charge is -2.10. The topological polar surface area (TPSA) is 46.2 Å². The largest absolute Gasteiger partial charge is 0.282 e. The molecule has 0 heterocycles. The molecule has 0 aliphatic rings. The molecule has 0 fully saturated rings. The minimum absolute atomic E-state index is 0.0816. The van der Waals surface area contributed by atoms with E-state index in [-0.39, 0.29) is 21.3 Å². The average molecular weight is 334 g/mol. The number of hydrogen-bond acceptors (Lipinski definition) is 2. The molecule has 0 aliphatic heterocycles. The summed E-state index contributed by atoms with van der Waals surface area (Å²) in [5.41, 5.74) is 0.244. The predicted molar refractivity (Wildman–Crippen MR) is 79.1 cm³/mol. The smallest absolute Gasteiger partial charge is 0.237 e. The van der Waals surface area contributed by atoms with E-state index in [1.165, 1.54) is 24.3 Å². The van der Waals surface area contributed by atoms with E-state index in [0.717, 1.165) is 0 Å². The SMILES string of the molecule is O=S(=O)(Cc1ccccc1F)Nc1cccc(Cl)c1Cl. The average Bonchev–Trinajstić information content (AvgIpc) is 2.37. The second-order valence-electron chi connectivity index (χ2n) is 4.05. The molecule has 2 aromatic carbocycles. The number of nitrogens with one attached hydrogen (secondary N) is 1. The van der Waals surface area contributed by atoms with Crippen LogP contribution in [0, 0.1) is 5.82 Å². The van der Waals surface area contributed by atoms with Crippen LogP contribution in [0.3, 0.4) is 0 Å². The first-order valence-electron chi connectivity index (χ1n) is 5.57. The number of benzene rings is 2. The molecule has 0 saturated heterocycles. The molecule has 0 radical (unpaired) electrons. The molecule has 0 saturated carbocycles. The molecular formula is C13H10Cl2FNO2S. The Labute approximate surface area is 126 Å². The molecule has 0 aliphatic carbocycles. The monoisotopic (exact) mass is 333 g/mol. The van der Waals surface area contributed by atoms with Crippen LogP contribution in [-0.2, 0) is 15.8 Å². The maximum atomic E-state index is 13.5. The predicted octanol–water partition coefficient (Wildman–Crippen LogP) is 4.07. The molecule has 0 unspecified atom stereocenters. The highest BCUT2D eigenvalue weighted by molar-refractivity contribution is 7.91. The maximum Gasteiger partial charge on any atom is 0.237 e. The Hall–Kier alpha value is -1.30. The summed E-state index contributed by atoms with van der Waals surface area (Å²) in [6, 6.07) is 10.3. The van der Waals surface area contributed by atoms with Crippen LogP contribution in [0.2, 0.25) is 10.0 Å². The molecule has 7 heteroatoms. The molecule has 3 nitrogen and oxygen atoms in total. The van der Waals surface area contributed by atoms with E-state index in [9.17, 15) is 12.8 Å². The van der Waals surface area contributed by atoms with Gasteiger partial charge in [-0.25, -0.2) is 12.8 Å². The van der Waals surface area contributed by atoms with E-state index >= 15 is 0 Å². The molecule has 1 N–H and O–H groups in total. The first kappa shape index (κ1) is 15.1. The second kappa shape index (κ2) is 5.99. The fourth-order valence-electron chi connectivity index (χ4n) is 1.61. The van der Waals surface area contributed by atoms with Crippen LogP contribution < -0.4 is 4.72 Å². The molecule has 0 bridgehead atoms. The molecule has 20 heavy (non-hydrogen) atoms. The number of rotatable bonds is 4. The van der Waals surface area contributed by atoms with E-state index in [4.69, 9.17) is 23.2 Å². The molecule has 2 rings (SSSR count). The zero-order chi connectivity index (χ0) is 14.8. The third-order valence-corrected chi connectivity index (χ3v) is 4.56. The Balaban J connectivity index is 2.24. The molecule has 0 spiro atoms. The molecule has 106 valence electrons. The Morgan fingerprint density at radius 1 is 1.05 bits per heavy atom. The summed E-state index contributed by atoms with van der Waals surface area (Å²) in [4.78, 5) is 0. The summed E-state index contributed by atoms with van der Waals surface area (Å²) in [6.07, 6.45) is 0. The third-order valence-electron chi connectivity index (χ3n) is 2.52. The van der Waals surface area contributed by atoms with Crippen LogP contribution in [0.15, 0.2) is 42.5 Å². The number of anilines is 1. The molecule has 2 aromatic rings. The molecule has 0 aromatic heterocycles. The van der Waals surface area contributed by atoms with Crippen LogP contribution in [0.25, 0.3) is 0 Å². The van der Waals surface area contributed by atoms with Gasteiger partial charge in [-0.2, -0.15) is 0 Å². The van der Waals surface area contributed by atoms with Crippen LogP contribution in [0.4, 0.5) is 10.1 Å². The summed E-state index contributed by atoms with van der Waals surface area (Å²) in [7, 11) is -3.78. The van der Waals surface area contributed by atoms with Gasteiger partial charge in [0.15, 0.2) is 0 Å². The Morgan fingerprint density at radius 3 is 2.45 bits per heavy atom. The van der Waals surface area contributed by atoms with E-state index in [1.54, 1.807) is 18.2 Å². The first-order chi connectivity index (χ1) is 9.39. The first-order valence-corrected chi connectivity index (χ1v) is 7.98. The summed E-state index contributed by atoms with van der Waals surface area (Å²) in [5, 5.41) is 0.337. The van der Waals surface area contributed by atoms with Gasteiger partial charge >= 0.3 is 0 Å². The van der Waals surface area contributed by atoms with Gasteiger partial charge in [-0.15, -0.1) is 0 Å². The van der Waals surface area contributed by atoms with E-state index in [1.807, 2.05) is 0 Å². The van der Waals surface area contributed by atoms with Crippen molar-refractivity contribution in [1.29, 1.82) is 0 Å². The van der Waals surface area contributed by atoms with Crippen molar-refractivity contribution in [3.8, 4) is 0 Å². The highest BCUT2D eigenvalue weighted by Gasteiger charge is 2.16. The standard InChI is InChI=1S/C13H10Cl2FNO2S/c14-10-5-3-7-12(13(10)15)17-20(18,19)8-9-4-1-2-6-11(9)16/h1-7,17H,8H2. The third kappa shape index (κ3) is 3.62. The summed E-state index contributed by atoms with van der Waals surface area (Å²) in [6.45, 7) is 0. The lowest BCUT2D eigenvalue weighted by atomic mass is 10.2. The summed E-state index contributed by atoms with van der Waals surface area (Å²) in [5.74, 6) is -1.06. The van der Waals surface area contributed by atoms with Gasteiger partial charge in [0.25, 0.3) is 0 Å². The van der Waals surface area contributed by atoms with Crippen molar-refractivity contribution in [3.05, 3.63) is 63.9 Å². The van der Waals surface area contributed by atoms with E-state index in [2.05, 4.69) is 4.72 Å². The van der Waals surface area contributed by atoms with Crippen LogP contribution in [0.1, 0.15) is 5.56 Å². The summed E-state index contributed by atoms with van der Waals surface area (Å²) >= 11 is 11.7. The highest BCUT2D eigenvalue weighted by Crippen LogP contribution is 2.30. The van der Waals surface area contributed by atoms with Crippen molar-refractivity contribution in [2.75, 3.05) is 4.72 Å². The van der Waals surface area contributed by atoms with Crippen molar-refractivity contribution >= 4 is 38.9 Å². The lowest BCUT2D eigenvalue weighted by Crippen LogP contribution is -2.16. The van der Waals surface area contributed by atoms with Gasteiger partial charge in [0.1, 0.15) is 5.82 Å². The second-order valence-corrected chi connectivity index (χ2v) is 6.56. The van der Waals surface area contributed by atoms with Gasteiger partial charge in [0, 0.05) is 5.56 Å². The van der Waals surface area contributed by atoms with Gasteiger partial charge < -0.3 is 0 Å². The highest BCUT2D eigenvalue weighted by atomic mass is 35.5. The molecular weight excluding hydrogens is 324 g/mol. The van der Waals surface area contributed by atoms with Gasteiger partial charge in [0.2, 0.25) is 10.0 Å². The lowest BCUT2D eigenvalue weighted by molar-refractivity contribution is 0.591. The number of sulfonamides is 1. The molecule has 0 amide bonds. The van der Waals surface area contributed by atoms with Crippen molar-refractivity contribution in [2.24, 2.45) is 0 Å². The van der Waals surface area contributed by atoms with E-state index in [0.29, 0.717) is 0 Å². The Kier molecular flexibility index (Phi) is 4.52. The van der Waals surface area contributed by atoms with Crippen LogP contribution in [-0.4, -0.2) is 8.42 Å². The van der Waals surface area contributed by atoms with Gasteiger partial charge in [-0.05, 0) is 18.2 Å². The van der Waals surface area contributed by atoms with Gasteiger partial charge in [-0.1, -0.05) is 47.5 Å². The zero-order valence-electron chi connectivity index (χ0n) is 10.1. The van der Waals surface area contributed by atoms with Crippen molar-refractivity contribution in [1.82, 2.24) is 0 Å². The minimum atomic E-state index is -3.78. The Morgan fingerprint density at radius 2 is 1.75 bits per heavy atom. The van der Waals surface area contributed by atoms with Gasteiger partial charge in [-0.3, -0.25) is 4.72 Å².